The Bertz CT molecular complexity index is 1940. The molecule has 1 aliphatic carbocycles. The number of fused-ring (bicyclic) bond motifs is 2. The Kier molecular flexibility index (Phi) is 11.9. The van der Waals surface area contributed by atoms with Gasteiger partial charge in [0, 0.05) is 49.4 Å². The lowest BCUT2D eigenvalue weighted by Gasteiger charge is -2.25. The van der Waals surface area contributed by atoms with E-state index in [4.69, 9.17) is 28.1 Å². The molecule has 0 radical (unpaired) electrons. The van der Waals surface area contributed by atoms with Gasteiger partial charge in [0.15, 0.2) is 17.4 Å². The Labute approximate surface area is 281 Å². The summed E-state index contributed by atoms with van der Waals surface area (Å²) < 4.78 is 70.4. The number of ether oxygens (including phenoxy) is 7. The van der Waals surface area contributed by atoms with Gasteiger partial charge in [-0.05, 0) is 29.8 Å². The third-order valence-electron chi connectivity index (χ3n) is 6.72. The summed E-state index contributed by atoms with van der Waals surface area (Å²) in [7, 11) is 1.28. The molecule has 2 aromatic rings. The Morgan fingerprint density at radius 3 is 1.90 bits per heavy atom. The SMILES string of the molecule is COc1cc(-c2c3cc(F)c(=O)cc-3oc3cc(OCOC(C)=O)c(F)cc23)ccc1N(CC(=O)OCOC(C)=O)CC(=O)OCOC(C)=O. The van der Waals surface area contributed by atoms with Crippen LogP contribution in [0.3, 0.4) is 0 Å². The highest BCUT2D eigenvalue weighted by Crippen LogP contribution is 2.44. The number of benzene rings is 3. The molecule has 2 aromatic carbocycles. The van der Waals surface area contributed by atoms with Crippen LogP contribution >= 0.6 is 0 Å². The van der Waals surface area contributed by atoms with Gasteiger partial charge >= 0.3 is 29.8 Å². The maximum absolute atomic E-state index is 15.3. The molecule has 0 N–H and O–H groups in total. The van der Waals surface area contributed by atoms with E-state index in [2.05, 4.69) is 9.47 Å². The first-order chi connectivity index (χ1) is 23.8. The number of hydrogen-bond donors (Lipinski definition) is 0. The molecule has 0 unspecified atom stereocenters. The van der Waals surface area contributed by atoms with E-state index in [1.165, 1.54) is 36.3 Å². The van der Waals surface area contributed by atoms with Gasteiger partial charge < -0.3 is 42.5 Å². The molecule has 4 rings (SSSR count). The van der Waals surface area contributed by atoms with Crippen molar-refractivity contribution in [1.29, 1.82) is 0 Å². The summed E-state index contributed by atoms with van der Waals surface area (Å²) in [5, 5.41) is 0.114. The monoisotopic (exact) mass is 701 g/mol. The summed E-state index contributed by atoms with van der Waals surface area (Å²) in [6.45, 7) is 0.202. The average Bonchev–Trinajstić information content (AvgIpc) is 3.04. The molecular weight excluding hydrogens is 672 g/mol. The van der Waals surface area contributed by atoms with Crippen molar-refractivity contribution in [3.8, 4) is 33.9 Å². The molecule has 264 valence electrons. The molecule has 50 heavy (non-hydrogen) atoms. The van der Waals surface area contributed by atoms with E-state index < -0.39 is 80.4 Å². The number of halogens is 2. The number of carbonyl (C=O) groups excluding carboxylic acids is 5. The Balaban J connectivity index is 1.81. The molecule has 0 bridgehead atoms. The quantitative estimate of drug-likeness (QED) is 0.0802. The maximum Gasteiger partial charge on any atom is 0.328 e. The standard InChI is InChI=1S/C33H29F2NO14/c1-17(37)44-14-47-29-11-28-22(9-24(29)35)33(21-8-23(34)26(40)10-27(21)50-28)20-5-6-25(30(7-20)43-4)36(12-31(41)48-15-45-18(2)38)13-32(42)49-16-46-19(3)39/h5-11H,12-16H2,1-4H3. The Hall–Kier alpha value is -6.26. The Morgan fingerprint density at radius 1 is 0.720 bits per heavy atom. The zero-order valence-electron chi connectivity index (χ0n) is 27.0. The van der Waals surface area contributed by atoms with Crippen LogP contribution in [-0.2, 0) is 47.7 Å². The van der Waals surface area contributed by atoms with Crippen molar-refractivity contribution in [2.24, 2.45) is 0 Å². The van der Waals surface area contributed by atoms with Crippen LogP contribution in [0.15, 0.2) is 51.7 Å². The highest BCUT2D eigenvalue weighted by molar-refractivity contribution is 6.02. The molecule has 2 aliphatic rings. The van der Waals surface area contributed by atoms with Crippen LogP contribution < -0.4 is 19.8 Å². The molecule has 0 aromatic heterocycles. The number of anilines is 1. The minimum Gasteiger partial charge on any atom is -0.495 e. The highest BCUT2D eigenvalue weighted by Gasteiger charge is 2.25. The van der Waals surface area contributed by atoms with Gasteiger partial charge in [0.25, 0.3) is 0 Å². The summed E-state index contributed by atoms with van der Waals surface area (Å²) in [6, 6.07) is 8.43. The van der Waals surface area contributed by atoms with Gasteiger partial charge in [-0.15, -0.1) is 0 Å². The summed E-state index contributed by atoms with van der Waals surface area (Å²) in [5.41, 5.74) is -0.254. The fourth-order valence-electron chi connectivity index (χ4n) is 4.57. The van der Waals surface area contributed by atoms with E-state index in [9.17, 15) is 33.2 Å². The molecule has 1 heterocycles. The molecule has 0 saturated heterocycles. The lowest BCUT2D eigenvalue weighted by Crippen LogP contribution is -2.37. The van der Waals surface area contributed by atoms with Gasteiger partial charge in [-0.25, -0.2) is 8.78 Å². The second kappa shape index (κ2) is 16.2. The zero-order chi connectivity index (χ0) is 36.5. The smallest absolute Gasteiger partial charge is 0.328 e. The molecule has 0 spiro atoms. The number of hydrogen-bond acceptors (Lipinski definition) is 15. The molecule has 0 fully saturated rings. The predicted octanol–water partition coefficient (Wildman–Crippen LogP) is 3.69. The van der Waals surface area contributed by atoms with Crippen LogP contribution in [0.5, 0.6) is 11.5 Å². The average molecular weight is 702 g/mol. The summed E-state index contributed by atoms with van der Waals surface area (Å²) in [5.74, 6) is -6.26. The first kappa shape index (κ1) is 36.6. The van der Waals surface area contributed by atoms with Crippen molar-refractivity contribution < 1.29 is 70.3 Å². The second-order valence-corrected chi connectivity index (χ2v) is 10.2. The molecule has 1 aliphatic heterocycles. The molecule has 0 amide bonds. The van der Waals surface area contributed by atoms with Gasteiger partial charge in [-0.2, -0.15) is 0 Å². The molecule has 0 atom stereocenters. The number of esters is 5. The van der Waals surface area contributed by atoms with Crippen LogP contribution in [0.1, 0.15) is 20.8 Å². The topological polar surface area (TPSA) is 183 Å². The van der Waals surface area contributed by atoms with Gasteiger partial charge in [-0.3, -0.25) is 28.8 Å². The fourth-order valence-corrected chi connectivity index (χ4v) is 4.57. The number of methoxy groups -OCH3 is 1. The van der Waals surface area contributed by atoms with E-state index in [0.717, 1.165) is 39.0 Å². The number of carbonyl (C=O) groups is 5. The van der Waals surface area contributed by atoms with E-state index in [1.807, 2.05) is 0 Å². The fraction of sp³-hybridized carbons (Fsp3) is 0.273. The first-order valence-corrected chi connectivity index (χ1v) is 14.4. The lowest BCUT2D eigenvalue weighted by atomic mass is 9.93. The highest BCUT2D eigenvalue weighted by atomic mass is 19.1. The van der Waals surface area contributed by atoms with Crippen molar-refractivity contribution in [2.75, 3.05) is 45.5 Å². The van der Waals surface area contributed by atoms with Gasteiger partial charge in [0.05, 0.1) is 12.8 Å². The normalized spacial score (nSPS) is 10.7. The van der Waals surface area contributed by atoms with Crippen LogP contribution in [-0.4, -0.2) is 70.4 Å². The van der Waals surface area contributed by atoms with Crippen molar-refractivity contribution in [3.63, 3.8) is 0 Å². The zero-order valence-corrected chi connectivity index (χ0v) is 27.0. The van der Waals surface area contributed by atoms with Crippen molar-refractivity contribution in [2.45, 2.75) is 20.8 Å². The van der Waals surface area contributed by atoms with E-state index in [-0.39, 0.29) is 50.6 Å². The largest absolute Gasteiger partial charge is 0.495 e. The van der Waals surface area contributed by atoms with Crippen LogP contribution in [0, 0.1) is 11.6 Å². The third kappa shape index (κ3) is 9.21. The van der Waals surface area contributed by atoms with Gasteiger partial charge in [0.2, 0.25) is 25.8 Å². The molecule has 17 heteroatoms. The summed E-state index contributed by atoms with van der Waals surface area (Å²) >= 11 is 0. The van der Waals surface area contributed by atoms with E-state index in [0.29, 0.717) is 0 Å². The van der Waals surface area contributed by atoms with E-state index in [1.54, 1.807) is 0 Å². The predicted molar refractivity (Wildman–Crippen MR) is 166 cm³/mol. The minimum atomic E-state index is -1.11. The summed E-state index contributed by atoms with van der Waals surface area (Å²) in [4.78, 5) is 71.9. The summed E-state index contributed by atoms with van der Waals surface area (Å²) in [6.07, 6.45) is 0. The Morgan fingerprint density at radius 2 is 1.32 bits per heavy atom. The number of rotatable bonds is 14. The molecule has 0 saturated carbocycles. The van der Waals surface area contributed by atoms with Crippen molar-refractivity contribution in [3.05, 3.63) is 64.3 Å². The van der Waals surface area contributed by atoms with Crippen LogP contribution in [0.2, 0.25) is 0 Å². The van der Waals surface area contributed by atoms with Crippen molar-refractivity contribution in [1.82, 2.24) is 0 Å². The van der Waals surface area contributed by atoms with E-state index >= 15 is 4.39 Å². The van der Waals surface area contributed by atoms with Crippen LogP contribution in [0.25, 0.3) is 33.4 Å². The van der Waals surface area contributed by atoms with Gasteiger partial charge in [-0.1, -0.05) is 6.07 Å². The van der Waals surface area contributed by atoms with Crippen molar-refractivity contribution >= 4 is 46.5 Å². The minimum absolute atomic E-state index is 0.00783. The third-order valence-corrected chi connectivity index (χ3v) is 6.72. The lowest BCUT2D eigenvalue weighted by molar-refractivity contribution is -0.165. The van der Waals surface area contributed by atoms with Crippen LogP contribution in [0.4, 0.5) is 14.5 Å². The first-order valence-electron chi connectivity index (χ1n) is 14.4. The maximum atomic E-state index is 15.3. The number of nitrogens with zero attached hydrogens (tertiary/aromatic N) is 1. The second-order valence-electron chi connectivity index (χ2n) is 10.2. The molecule has 15 nitrogen and oxygen atoms in total. The van der Waals surface area contributed by atoms with Gasteiger partial charge in [0.1, 0.15) is 30.2 Å². The molecular formula is C33H29F2NO14.